The van der Waals surface area contributed by atoms with Crippen molar-refractivity contribution in [3.05, 3.63) is 78.4 Å². The van der Waals surface area contributed by atoms with E-state index < -0.39 is 22.5 Å². The number of nitrogens with one attached hydrogen (secondary N) is 1. The second kappa shape index (κ2) is 10.2. The Hall–Kier alpha value is -3.52. The molecule has 0 aromatic heterocycles. The topological polar surface area (TPSA) is 84.9 Å². The minimum atomic E-state index is -4.02. The quantitative estimate of drug-likeness (QED) is 0.526. The highest BCUT2D eigenvalue weighted by atomic mass is 32.2. The summed E-state index contributed by atoms with van der Waals surface area (Å²) in [6.07, 6.45) is 0.886. The second-order valence-electron chi connectivity index (χ2n) is 6.96. The summed E-state index contributed by atoms with van der Waals surface area (Å²) in [5.41, 5.74) is 2.01. The van der Waals surface area contributed by atoms with Gasteiger partial charge < -0.3 is 14.8 Å². The van der Waals surface area contributed by atoms with Crippen molar-refractivity contribution in [2.75, 3.05) is 30.4 Å². The van der Waals surface area contributed by atoms with Crippen LogP contribution in [-0.2, 0) is 21.2 Å². The smallest absolute Gasteiger partial charge is 0.264 e. The van der Waals surface area contributed by atoms with E-state index in [1.807, 2.05) is 19.1 Å². The van der Waals surface area contributed by atoms with Gasteiger partial charge in [0.1, 0.15) is 6.54 Å². The molecule has 0 aliphatic heterocycles. The number of aryl methyl sites for hydroxylation is 1. The van der Waals surface area contributed by atoms with Crippen molar-refractivity contribution < 1.29 is 22.7 Å². The lowest BCUT2D eigenvalue weighted by atomic mass is 10.1. The van der Waals surface area contributed by atoms with Crippen LogP contribution in [0, 0.1) is 0 Å². The van der Waals surface area contributed by atoms with Crippen LogP contribution in [-0.4, -0.2) is 35.1 Å². The standard InChI is InChI=1S/C24H26N2O5S/c1-4-18-10-12-19(13-11-18)25-24(27)17-26(32(28,29)21-8-6-5-7-9-21)20-14-15-22(30-2)23(16-20)31-3/h5-16H,4,17H2,1-3H3,(H,25,27). The van der Waals surface area contributed by atoms with Gasteiger partial charge in [-0.05, 0) is 48.4 Å². The number of carbonyl (C=O) groups is 1. The Bertz CT molecular complexity index is 1160. The molecule has 7 nitrogen and oxygen atoms in total. The lowest BCUT2D eigenvalue weighted by molar-refractivity contribution is -0.114. The molecule has 0 bridgehead atoms. The van der Waals surface area contributed by atoms with Gasteiger partial charge in [0.05, 0.1) is 24.8 Å². The first-order valence-electron chi connectivity index (χ1n) is 10.1. The number of hydrogen-bond acceptors (Lipinski definition) is 5. The highest BCUT2D eigenvalue weighted by Crippen LogP contribution is 2.33. The number of methoxy groups -OCH3 is 2. The summed E-state index contributed by atoms with van der Waals surface area (Å²) < 4.78 is 38.5. The maximum Gasteiger partial charge on any atom is 0.264 e. The number of benzene rings is 3. The monoisotopic (exact) mass is 454 g/mol. The van der Waals surface area contributed by atoms with Gasteiger partial charge in [-0.15, -0.1) is 0 Å². The molecule has 3 aromatic rings. The summed E-state index contributed by atoms with van der Waals surface area (Å²) in [6, 6.07) is 20.1. The van der Waals surface area contributed by atoms with E-state index in [9.17, 15) is 13.2 Å². The van der Waals surface area contributed by atoms with Crippen molar-refractivity contribution >= 4 is 27.3 Å². The Balaban J connectivity index is 1.96. The van der Waals surface area contributed by atoms with Crippen LogP contribution in [0.3, 0.4) is 0 Å². The molecule has 8 heteroatoms. The normalized spacial score (nSPS) is 11.0. The molecule has 0 saturated carbocycles. The Morgan fingerprint density at radius 1 is 0.906 bits per heavy atom. The molecule has 0 radical (unpaired) electrons. The number of rotatable bonds is 9. The first kappa shape index (κ1) is 23.1. The molecule has 1 N–H and O–H groups in total. The molecular formula is C24H26N2O5S. The minimum absolute atomic E-state index is 0.0786. The third-order valence-corrected chi connectivity index (χ3v) is 6.71. The van der Waals surface area contributed by atoms with Gasteiger partial charge in [0.25, 0.3) is 10.0 Å². The Labute approximate surface area is 188 Å². The zero-order valence-electron chi connectivity index (χ0n) is 18.2. The van der Waals surface area contributed by atoms with Crippen LogP contribution in [0.15, 0.2) is 77.7 Å². The maximum absolute atomic E-state index is 13.4. The van der Waals surface area contributed by atoms with Crippen LogP contribution < -0.4 is 19.1 Å². The minimum Gasteiger partial charge on any atom is -0.493 e. The van der Waals surface area contributed by atoms with E-state index in [-0.39, 0.29) is 10.6 Å². The van der Waals surface area contributed by atoms with Gasteiger partial charge in [-0.25, -0.2) is 8.42 Å². The summed E-state index contributed by atoms with van der Waals surface area (Å²) in [5, 5.41) is 2.77. The van der Waals surface area contributed by atoms with Crippen molar-refractivity contribution in [2.24, 2.45) is 0 Å². The average molecular weight is 455 g/mol. The highest BCUT2D eigenvalue weighted by Gasteiger charge is 2.28. The first-order chi connectivity index (χ1) is 15.4. The van der Waals surface area contributed by atoms with Crippen molar-refractivity contribution in [1.29, 1.82) is 0 Å². The van der Waals surface area contributed by atoms with E-state index in [2.05, 4.69) is 5.32 Å². The molecule has 1 amide bonds. The summed E-state index contributed by atoms with van der Waals surface area (Å²) in [6.45, 7) is 1.63. The molecule has 32 heavy (non-hydrogen) atoms. The maximum atomic E-state index is 13.4. The fourth-order valence-electron chi connectivity index (χ4n) is 3.17. The summed E-state index contributed by atoms with van der Waals surface area (Å²) in [7, 11) is -1.06. The Morgan fingerprint density at radius 2 is 1.56 bits per heavy atom. The SMILES string of the molecule is CCc1ccc(NC(=O)CN(c2ccc(OC)c(OC)c2)S(=O)(=O)c2ccccc2)cc1. The van der Waals surface area contributed by atoms with Crippen LogP contribution in [0.2, 0.25) is 0 Å². The number of anilines is 2. The molecular weight excluding hydrogens is 428 g/mol. The van der Waals surface area contributed by atoms with Crippen LogP contribution >= 0.6 is 0 Å². The summed E-state index contributed by atoms with van der Waals surface area (Å²) in [4.78, 5) is 12.9. The number of nitrogens with zero attached hydrogens (tertiary/aromatic N) is 1. The number of hydrogen-bond donors (Lipinski definition) is 1. The van der Waals surface area contributed by atoms with Gasteiger partial charge in [0.15, 0.2) is 11.5 Å². The summed E-state index contributed by atoms with van der Waals surface area (Å²) >= 11 is 0. The Kier molecular flexibility index (Phi) is 7.37. The first-order valence-corrected chi connectivity index (χ1v) is 11.5. The van der Waals surface area contributed by atoms with Gasteiger partial charge in [-0.3, -0.25) is 9.10 Å². The van der Waals surface area contributed by atoms with Gasteiger partial charge in [-0.1, -0.05) is 37.3 Å². The van der Waals surface area contributed by atoms with E-state index >= 15 is 0 Å². The molecule has 0 atom stereocenters. The molecule has 0 saturated heterocycles. The van der Waals surface area contributed by atoms with E-state index in [1.165, 1.54) is 32.4 Å². The van der Waals surface area contributed by atoms with Crippen molar-refractivity contribution in [3.63, 3.8) is 0 Å². The predicted molar refractivity (Wildman–Crippen MR) is 125 cm³/mol. The van der Waals surface area contributed by atoms with Gasteiger partial charge >= 0.3 is 0 Å². The van der Waals surface area contributed by atoms with Gasteiger partial charge in [0, 0.05) is 11.8 Å². The summed E-state index contributed by atoms with van der Waals surface area (Å²) in [5.74, 6) is 0.339. The molecule has 0 spiro atoms. The molecule has 3 aromatic carbocycles. The average Bonchev–Trinajstić information content (AvgIpc) is 2.83. The molecule has 3 rings (SSSR count). The van der Waals surface area contributed by atoms with Gasteiger partial charge in [-0.2, -0.15) is 0 Å². The Morgan fingerprint density at radius 3 is 2.16 bits per heavy atom. The predicted octanol–water partition coefficient (Wildman–Crippen LogP) is 4.10. The van der Waals surface area contributed by atoms with E-state index in [1.54, 1.807) is 42.5 Å². The van der Waals surface area contributed by atoms with E-state index in [0.717, 1.165) is 16.3 Å². The number of carbonyl (C=O) groups excluding carboxylic acids is 1. The van der Waals surface area contributed by atoms with Crippen molar-refractivity contribution in [3.8, 4) is 11.5 Å². The van der Waals surface area contributed by atoms with Crippen LogP contribution in [0.5, 0.6) is 11.5 Å². The van der Waals surface area contributed by atoms with Gasteiger partial charge in [0.2, 0.25) is 5.91 Å². The van der Waals surface area contributed by atoms with Crippen molar-refractivity contribution in [2.45, 2.75) is 18.2 Å². The lowest BCUT2D eigenvalue weighted by Crippen LogP contribution is -2.38. The van der Waals surface area contributed by atoms with Crippen LogP contribution in [0.25, 0.3) is 0 Å². The van der Waals surface area contributed by atoms with Crippen LogP contribution in [0.4, 0.5) is 11.4 Å². The lowest BCUT2D eigenvalue weighted by Gasteiger charge is -2.25. The molecule has 0 fully saturated rings. The second-order valence-corrected chi connectivity index (χ2v) is 8.82. The number of ether oxygens (including phenoxy) is 2. The molecule has 0 heterocycles. The number of amides is 1. The molecule has 0 aliphatic rings. The molecule has 168 valence electrons. The zero-order valence-corrected chi connectivity index (χ0v) is 19.1. The van der Waals surface area contributed by atoms with Crippen LogP contribution in [0.1, 0.15) is 12.5 Å². The highest BCUT2D eigenvalue weighted by molar-refractivity contribution is 7.92. The molecule has 0 aliphatic carbocycles. The van der Waals surface area contributed by atoms with E-state index in [4.69, 9.17) is 9.47 Å². The largest absolute Gasteiger partial charge is 0.493 e. The fourth-order valence-corrected chi connectivity index (χ4v) is 4.60. The van der Waals surface area contributed by atoms with Crippen molar-refractivity contribution in [1.82, 2.24) is 0 Å². The fraction of sp³-hybridized carbons (Fsp3) is 0.208. The zero-order chi connectivity index (χ0) is 23.1. The third-order valence-electron chi connectivity index (χ3n) is 4.92. The third kappa shape index (κ3) is 5.20. The van der Waals surface area contributed by atoms with E-state index in [0.29, 0.717) is 17.2 Å². The molecule has 0 unspecified atom stereocenters. The number of sulfonamides is 1.